The van der Waals surface area contributed by atoms with Crippen molar-refractivity contribution in [2.75, 3.05) is 5.32 Å². The average molecular weight is 339 g/mol. The number of nitrogens with one attached hydrogen (secondary N) is 1. The summed E-state index contributed by atoms with van der Waals surface area (Å²) < 4.78 is 13.2. The van der Waals surface area contributed by atoms with Crippen LogP contribution in [-0.2, 0) is 4.79 Å². The van der Waals surface area contributed by atoms with Gasteiger partial charge in [0.15, 0.2) is 11.7 Å². The number of carbonyl (C=O) groups excluding carboxylic acids is 2. The maximum absolute atomic E-state index is 13.2. The molecule has 0 saturated carbocycles. The minimum atomic E-state index is -1.57. The van der Waals surface area contributed by atoms with Gasteiger partial charge in [-0.05, 0) is 36.1 Å². The van der Waals surface area contributed by atoms with Gasteiger partial charge in [0.25, 0.3) is 0 Å². The van der Waals surface area contributed by atoms with Crippen LogP contribution < -0.4 is 5.32 Å². The van der Waals surface area contributed by atoms with Crippen molar-refractivity contribution in [3.63, 3.8) is 0 Å². The van der Waals surface area contributed by atoms with Crippen molar-refractivity contribution >= 4 is 17.4 Å². The number of pyridine rings is 1. The normalized spacial score (nSPS) is 12.7. The van der Waals surface area contributed by atoms with E-state index in [4.69, 9.17) is 0 Å². The molecular weight excluding hydrogens is 321 g/mol. The Kier molecular flexibility index (Phi) is 5.96. The average Bonchev–Trinajstić information content (AvgIpc) is 2.62. The number of benzene rings is 1. The van der Waals surface area contributed by atoms with Crippen molar-refractivity contribution in [3.05, 3.63) is 59.7 Å². The van der Waals surface area contributed by atoms with Gasteiger partial charge in [-0.1, -0.05) is 26.0 Å². The predicted molar refractivity (Wildman–Crippen MR) is 91.4 cm³/mol. The van der Waals surface area contributed by atoms with Gasteiger partial charge in [-0.25, -0.2) is 4.39 Å². The zero-order valence-corrected chi connectivity index (χ0v) is 14.0. The topological polar surface area (TPSA) is 82.9 Å². The lowest BCUT2D eigenvalue weighted by Crippen LogP contribution is -2.28. The van der Waals surface area contributed by atoms with Crippen molar-refractivity contribution in [2.24, 2.45) is 5.92 Å². The number of halogens is 1. The number of hydrogen-bond acceptors (Lipinski definition) is 4. The molecule has 0 aliphatic heterocycles. The number of anilines is 1. The fraction of sp³-hybridized carbons (Fsp3) is 0.263. The van der Waals surface area contributed by atoms with Crippen LogP contribution in [0, 0.1) is 23.1 Å². The number of hydrogen-bond donors (Lipinski definition) is 1. The van der Waals surface area contributed by atoms with Crippen LogP contribution in [0.1, 0.15) is 42.1 Å². The van der Waals surface area contributed by atoms with E-state index >= 15 is 0 Å². The van der Waals surface area contributed by atoms with E-state index in [0.717, 1.165) is 30.4 Å². The number of amides is 1. The molecule has 25 heavy (non-hydrogen) atoms. The molecule has 1 amide bonds. The SMILES string of the molecule is CC[C@H](C)c1ccc(NC(=O)[C@H](C#N)C(=O)c2cncc(F)c2)cc1. The van der Waals surface area contributed by atoms with Crippen molar-refractivity contribution in [1.29, 1.82) is 5.26 Å². The molecule has 0 unspecified atom stereocenters. The highest BCUT2D eigenvalue weighted by molar-refractivity contribution is 6.15. The molecular formula is C19H18FN3O2. The molecule has 6 heteroatoms. The van der Waals surface area contributed by atoms with Crippen LogP contribution in [0.25, 0.3) is 0 Å². The molecule has 1 aromatic carbocycles. The zero-order chi connectivity index (χ0) is 18.4. The van der Waals surface area contributed by atoms with Gasteiger partial charge in [0.1, 0.15) is 5.82 Å². The fourth-order valence-corrected chi connectivity index (χ4v) is 2.29. The first kappa shape index (κ1) is 18.3. The number of aromatic nitrogens is 1. The van der Waals surface area contributed by atoms with Gasteiger partial charge >= 0.3 is 0 Å². The molecule has 2 rings (SSSR count). The minimum Gasteiger partial charge on any atom is -0.325 e. The monoisotopic (exact) mass is 339 g/mol. The molecule has 0 spiro atoms. The second-order valence-corrected chi connectivity index (χ2v) is 5.74. The zero-order valence-electron chi connectivity index (χ0n) is 14.0. The van der Waals surface area contributed by atoms with E-state index in [1.807, 2.05) is 12.1 Å². The molecule has 0 saturated heterocycles. The van der Waals surface area contributed by atoms with Crippen LogP contribution >= 0.6 is 0 Å². The summed E-state index contributed by atoms with van der Waals surface area (Å²) in [6.45, 7) is 4.19. The molecule has 0 bridgehead atoms. The van der Waals surface area contributed by atoms with E-state index in [2.05, 4.69) is 24.1 Å². The Morgan fingerprint density at radius 2 is 1.96 bits per heavy atom. The van der Waals surface area contributed by atoms with E-state index in [1.165, 1.54) is 0 Å². The molecule has 1 N–H and O–H groups in total. The molecule has 1 heterocycles. The van der Waals surface area contributed by atoms with Gasteiger partial charge in [0.05, 0.1) is 12.3 Å². The van der Waals surface area contributed by atoms with Crippen LogP contribution in [0.5, 0.6) is 0 Å². The molecule has 128 valence electrons. The van der Waals surface area contributed by atoms with Crippen LogP contribution in [0.2, 0.25) is 0 Å². The first-order chi connectivity index (χ1) is 12.0. The third kappa shape index (κ3) is 4.48. The molecule has 0 aliphatic carbocycles. The Balaban J connectivity index is 2.12. The maximum atomic E-state index is 13.2. The van der Waals surface area contributed by atoms with Crippen LogP contribution in [0.4, 0.5) is 10.1 Å². The summed E-state index contributed by atoms with van der Waals surface area (Å²) in [7, 11) is 0. The van der Waals surface area contributed by atoms with Gasteiger partial charge in [0.2, 0.25) is 5.91 Å². The summed E-state index contributed by atoms with van der Waals surface area (Å²) in [4.78, 5) is 28.1. The van der Waals surface area contributed by atoms with Crippen LogP contribution in [0.15, 0.2) is 42.7 Å². The second kappa shape index (κ2) is 8.15. The lowest BCUT2D eigenvalue weighted by molar-refractivity contribution is -0.117. The molecule has 2 atom stereocenters. The maximum Gasteiger partial charge on any atom is 0.249 e. The van der Waals surface area contributed by atoms with Crippen molar-refractivity contribution in [2.45, 2.75) is 26.2 Å². The first-order valence-electron chi connectivity index (χ1n) is 7.91. The van der Waals surface area contributed by atoms with Gasteiger partial charge < -0.3 is 5.32 Å². The summed E-state index contributed by atoms with van der Waals surface area (Å²) in [5, 5.41) is 11.7. The van der Waals surface area contributed by atoms with Crippen LogP contribution in [0.3, 0.4) is 0 Å². The highest BCUT2D eigenvalue weighted by Gasteiger charge is 2.28. The number of Topliss-reactive ketones (excluding diaryl/α,β-unsaturated/α-hetero) is 1. The van der Waals surface area contributed by atoms with E-state index in [-0.39, 0.29) is 5.56 Å². The van der Waals surface area contributed by atoms with Crippen molar-refractivity contribution in [1.82, 2.24) is 4.98 Å². The number of ketones is 1. The number of nitriles is 1. The van der Waals surface area contributed by atoms with Gasteiger partial charge in [-0.15, -0.1) is 0 Å². The highest BCUT2D eigenvalue weighted by Crippen LogP contribution is 2.21. The summed E-state index contributed by atoms with van der Waals surface area (Å²) >= 11 is 0. The van der Waals surface area contributed by atoms with E-state index in [1.54, 1.807) is 18.2 Å². The van der Waals surface area contributed by atoms with Crippen LogP contribution in [-0.4, -0.2) is 16.7 Å². The largest absolute Gasteiger partial charge is 0.325 e. The highest BCUT2D eigenvalue weighted by atomic mass is 19.1. The number of rotatable bonds is 6. The fourth-order valence-electron chi connectivity index (χ4n) is 2.29. The summed E-state index contributed by atoms with van der Waals surface area (Å²) in [6, 6.07) is 9.85. The van der Waals surface area contributed by atoms with Gasteiger partial charge in [0, 0.05) is 17.4 Å². The molecule has 0 fully saturated rings. The van der Waals surface area contributed by atoms with E-state index in [9.17, 15) is 19.2 Å². The molecule has 0 radical (unpaired) electrons. The Morgan fingerprint density at radius 1 is 1.28 bits per heavy atom. The lowest BCUT2D eigenvalue weighted by Gasteiger charge is -2.12. The summed E-state index contributed by atoms with van der Waals surface area (Å²) in [5.74, 6) is -3.42. The molecule has 2 aromatic rings. The number of nitrogens with zero attached hydrogens (tertiary/aromatic N) is 2. The van der Waals surface area contributed by atoms with Crippen molar-refractivity contribution < 1.29 is 14.0 Å². The smallest absolute Gasteiger partial charge is 0.249 e. The Morgan fingerprint density at radius 3 is 2.52 bits per heavy atom. The van der Waals surface area contributed by atoms with Gasteiger partial charge in [-0.2, -0.15) is 5.26 Å². The minimum absolute atomic E-state index is 0.117. The predicted octanol–water partition coefficient (Wildman–Crippen LogP) is 3.70. The van der Waals surface area contributed by atoms with E-state index < -0.39 is 23.4 Å². The Hall–Kier alpha value is -3.07. The van der Waals surface area contributed by atoms with E-state index in [0.29, 0.717) is 11.6 Å². The summed E-state index contributed by atoms with van der Waals surface area (Å²) in [6.07, 6.45) is 3.07. The molecule has 5 nitrogen and oxygen atoms in total. The molecule has 1 aromatic heterocycles. The third-order valence-corrected chi connectivity index (χ3v) is 4.00. The third-order valence-electron chi connectivity index (χ3n) is 4.00. The Bertz CT molecular complexity index is 812. The first-order valence-corrected chi connectivity index (χ1v) is 7.91. The lowest BCUT2D eigenvalue weighted by atomic mass is 9.98. The Labute approximate surface area is 145 Å². The summed E-state index contributed by atoms with van der Waals surface area (Å²) in [5.41, 5.74) is 1.51. The van der Waals surface area contributed by atoms with Gasteiger partial charge in [-0.3, -0.25) is 14.6 Å². The standard InChI is InChI=1S/C19H18FN3O2/c1-3-12(2)13-4-6-16(7-5-13)23-19(25)17(9-21)18(24)14-8-15(20)11-22-10-14/h4-8,10-12,17H,3H2,1-2H3,(H,23,25)/t12-,17+/m0/s1. The quantitative estimate of drug-likeness (QED) is 0.642. The van der Waals surface area contributed by atoms with Crippen molar-refractivity contribution in [3.8, 4) is 6.07 Å². The number of carbonyl (C=O) groups is 2. The molecule has 0 aliphatic rings. The second-order valence-electron chi connectivity index (χ2n) is 5.74.